The third kappa shape index (κ3) is 4.52. The van der Waals surface area contributed by atoms with Crippen molar-refractivity contribution >= 4 is 22.8 Å². The smallest absolute Gasteiger partial charge is 0.320 e. The summed E-state index contributed by atoms with van der Waals surface area (Å²) in [5.74, 6) is 0.451. The summed E-state index contributed by atoms with van der Waals surface area (Å²) >= 11 is 0. The van der Waals surface area contributed by atoms with Crippen molar-refractivity contribution in [2.75, 3.05) is 5.32 Å². The van der Waals surface area contributed by atoms with Gasteiger partial charge in [-0.3, -0.25) is 15.4 Å². The molecule has 3 N–H and O–H groups in total. The molecule has 1 atom stereocenters. The van der Waals surface area contributed by atoms with Crippen molar-refractivity contribution in [1.82, 2.24) is 25.5 Å². The van der Waals surface area contributed by atoms with E-state index in [4.69, 9.17) is 4.74 Å². The number of fused-ring (bicyclic) bond motifs is 1. The fourth-order valence-corrected chi connectivity index (χ4v) is 2.89. The van der Waals surface area contributed by atoms with Gasteiger partial charge in [0.2, 0.25) is 5.88 Å². The van der Waals surface area contributed by atoms with Gasteiger partial charge in [-0.15, -0.1) is 5.10 Å². The number of hydrogen-bond acceptors (Lipinski definition) is 5. The Balaban J connectivity index is 1.38. The van der Waals surface area contributed by atoms with E-state index in [1.165, 1.54) is 12.1 Å². The van der Waals surface area contributed by atoms with Crippen LogP contribution in [0.1, 0.15) is 24.1 Å². The Morgan fingerprint density at radius 3 is 2.83 bits per heavy atom. The van der Waals surface area contributed by atoms with Crippen molar-refractivity contribution in [3.05, 3.63) is 78.0 Å². The Morgan fingerprint density at radius 1 is 1.23 bits per heavy atom. The molecule has 0 aliphatic heterocycles. The van der Waals surface area contributed by atoms with Crippen LogP contribution in [0.5, 0.6) is 5.88 Å². The first-order valence-electron chi connectivity index (χ1n) is 9.27. The number of H-pyrrole nitrogens is 1. The number of anilines is 1. The molecule has 2 amide bonds. The quantitative estimate of drug-likeness (QED) is 0.450. The second kappa shape index (κ2) is 8.56. The summed E-state index contributed by atoms with van der Waals surface area (Å²) < 4.78 is 18.8. The number of benzene rings is 1. The molecule has 152 valence electrons. The molecule has 4 aromatic rings. The minimum Gasteiger partial charge on any atom is -0.471 e. The molecule has 0 spiro atoms. The molecule has 1 unspecified atom stereocenters. The fourth-order valence-electron chi connectivity index (χ4n) is 2.89. The number of halogens is 1. The molecule has 0 aliphatic carbocycles. The Bertz CT molecular complexity index is 1150. The first-order valence-corrected chi connectivity index (χ1v) is 9.27. The Morgan fingerprint density at radius 2 is 2.07 bits per heavy atom. The maximum Gasteiger partial charge on any atom is 0.320 e. The number of hydrogen-bond donors (Lipinski definition) is 3. The predicted octanol–water partition coefficient (Wildman–Crippen LogP) is 3.95. The van der Waals surface area contributed by atoms with Crippen LogP contribution < -0.4 is 15.4 Å². The number of pyridine rings is 2. The Labute approximate surface area is 171 Å². The molecule has 0 saturated carbocycles. The van der Waals surface area contributed by atoms with Gasteiger partial charge in [0.05, 0.1) is 16.9 Å². The van der Waals surface area contributed by atoms with E-state index in [1.54, 1.807) is 36.8 Å². The molecule has 8 nitrogen and oxygen atoms in total. The van der Waals surface area contributed by atoms with Crippen molar-refractivity contribution in [2.45, 2.75) is 19.6 Å². The lowest BCUT2D eigenvalue weighted by atomic mass is 10.1. The number of aromatic nitrogens is 4. The van der Waals surface area contributed by atoms with Gasteiger partial charge in [0, 0.05) is 30.2 Å². The van der Waals surface area contributed by atoms with Gasteiger partial charge in [0.1, 0.15) is 18.2 Å². The summed E-state index contributed by atoms with van der Waals surface area (Å²) in [6, 6.07) is 10.7. The number of aromatic amines is 1. The van der Waals surface area contributed by atoms with E-state index in [2.05, 4.69) is 30.8 Å². The maximum atomic E-state index is 13.0. The van der Waals surface area contributed by atoms with E-state index in [-0.39, 0.29) is 11.9 Å². The molecular formula is C21H19FN6O2. The molecule has 30 heavy (non-hydrogen) atoms. The standard InChI is InChI=1S/C21H19FN6O2/c1-13(15-4-6-16(22)7-5-15)25-21(29)26-19-9-18-17(11-24-19)20(28-27-18)30-12-14-3-2-8-23-10-14/h2-11,13H,12H2,1H3,(H,27,28)(H2,24,25,26,29). The third-order valence-corrected chi connectivity index (χ3v) is 4.47. The first kappa shape index (κ1) is 19.3. The van der Waals surface area contributed by atoms with E-state index in [9.17, 15) is 9.18 Å². The van der Waals surface area contributed by atoms with Gasteiger partial charge in [-0.1, -0.05) is 18.2 Å². The average Bonchev–Trinajstić information content (AvgIpc) is 3.15. The summed E-state index contributed by atoms with van der Waals surface area (Å²) in [5.41, 5.74) is 2.39. The highest BCUT2D eigenvalue weighted by Crippen LogP contribution is 2.24. The monoisotopic (exact) mass is 406 g/mol. The van der Waals surface area contributed by atoms with Crippen LogP contribution in [-0.4, -0.2) is 26.2 Å². The van der Waals surface area contributed by atoms with E-state index in [1.807, 2.05) is 19.1 Å². The molecule has 0 radical (unpaired) electrons. The molecule has 0 bridgehead atoms. The van der Waals surface area contributed by atoms with Gasteiger partial charge >= 0.3 is 6.03 Å². The number of nitrogens with zero attached hydrogens (tertiary/aromatic N) is 3. The second-order valence-corrected chi connectivity index (χ2v) is 6.67. The molecule has 1 aromatic carbocycles. The Kier molecular flexibility index (Phi) is 5.51. The van der Waals surface area contributed by atoms with Crippen molar-refractivity contribution in [3.63, 3.8) is 0 Å². The second-order valence-electron chi connectivity index (χ2n) is 6.67. The largest absolute Gasteiger partial charge is 0.471 e. The molecule has 0 fully saturated rings. The molecule has 4 rings (SSSR count). The van der Waals surface area contributed by atoms with E-state index in [0.29, 0.717) is 29.2 Å². The molecule has 0 saturated heterocycles. The lowest BCUT2D eigenvalue weighted by molar-refractivity contribution is 0.249. The van der Waals surface area contributed by atoms with Gasteiger partial charge in [0.25, 0.3) is 0 Å². The number of amides is 2. The highest BCUT2D eigenvalue weighted by molar-refractivity contribution is 5.92. The molecule has 3 aromatic heterocycles. The molecular weight excluding hydrogens is 387 g/mol. The van der Waals surface area contributed by atoms with Crippen molar-refractivity contribution < 1.29 is 13.9 Å². The van der Waals surface area contributed by atoms with Crippen LogP contribution in [0, 0.1) is 5.82 Å². The van der Waals surface area contributed by atoms with Crippen LogP contribution in [0.3, 0.4) is 0 Å². The first-order chi connectivity index (χ1) is 14.6. The van der Waals surface area contributed by atoms with E-state index >= 15 is 0 Å². The van der Waals surface area contributed by atoms with Crippen molar-refractivity contribution in [1.29, 1.82) is 0 Å². The number of carbonyl (C=O) groups is 1. The summed E-state index contributed by atoms with van der Waals surface area (Å²) in [7, 11) is 0. The van der Waals surface area contributed by atoms with Crippen molar-refractivity contribution in [2.24, 2.45) is 0 Å². The number of nitrogens with one attached hydrogen (secondary N) is 3. The van der Waals surface area contributed by atoms with Gasteiger partial charge < -0.3 is 10.1 Å². The molecule has 0 aliphatic rings. The fraction of sp³-hybridized carbons (Fsp3) is 0.143. The number of urea groups is 1. The lowest BCUT2D eigenvalue weighted by Crippen LogP contribution is -2.31. The molecule has 9 heteroatoms. The maximum absolute atomic E-state index is 13.0. The molecule has 3 heterocycles. The van der Waals surface area contributed by atoms with Crippen LogP contribution in [-0.2, 0) is 6.61 Å². The lowest BCUT2D eigenvalue weighted by Gasteiger charge is -2.14. The summed E-state index contributed by atoms with van der Waals surface area (Å²) in [5, 5.41) is 13.2. The third-order valence-electron chi connectivity index (χ3n) is 4.47. The van der Waals surface area contributed by atoms with Crippen molar-refractivity contribution in [3.8, 4) is 5.88 Å². The topological polar surface area (TPSA) is 105 Å². The highest BCUT2D eigenvalue weighted by Gasteiger charge is 2.13. The van der Waals surface area contributed by atoms with Crippen LogP contribution in [0.25, 0.3) is 10.9 Å². The van der Waals surface area contributed by atoms with Gasteiger partial charge in [0.15, 0.2) is 0 Å². The predicted molar refractivity (Wildman–Crippen MR) is 109 cm³/mol. The summed E-state index contributed by atoms with van der Waals surface area (Å²) in [6.45, 7) is 2.14. The normalized spacial score (nSPS) is 11.8. The average molecular weight is 406 g/mol. The van der Waals surface area contributed by atoms with Crippen LogP contribution in [0.2, 0.25) is 0 Å². The summed E-state index contributed by atoms with van der Waals surface area (Å²) in [6.07, 6.45) is 5.00. The number of ether oxygens (including phenoxy) is 1. The van der Waals surface area contributed by atoms with Crippen LogP contribution in [0.15, 0.2) is 61.1 Å². The van der Waals surface area contributed by atoms with Gasteiger partial charge in [-0.2, -0.15) is 0 Å². The van der Waals surface area contributed by atoms with Gasteiger partial charge in [-0.25, -0.2) is 14.2 Å². The summed E-state index contributed by atoms with van der Waals surface area (Å²) in [4.78, 5) is 20.6. The van der Waals surface area contributed by atoms with E-state index in [0.717, 1.165) is 11.1 Å². The number of carbonyl (C=O) groups excluding carboxylic acids is 1. The van der Waals surface area contributed by atoms with Crippen LogP contribution >= 0.6 is 0 Å². The SMILES string of the molecule is CC(NC(=O)Nc1cc2[nH]nc(OCc3cccnc3)c2cn1)c1ccc(F)cc1. The minimum absolute atomic E-state index is 0.297. The Hall–Kier alpha value is -4.01. The number of rotatable bonds is 6. The minimum atomic E-state index is -0.425. The van der Waals surface area contributed by atoms with E-state index < -0.39 is 6.03 Å². The highest BCUT2D eigenvalue weighted by atomic mass is 19.1. The van der Waals surface area contributed by atoms with Gasteiger partial charge in [-0.05, 0) is 30.7 Å². The zero-order valence-corrected chi connectivity index (χ0v) is 16.1. The zero-order valence-electron chi connectivity index (χ0n) is 16.1. The van der Waals surface area contributed by atoms with Crippen LogP contribution in [0.4, 0.5) is 15.0 Å². The zero-order chi connectivity index (χ0) is 20.9.